The van der Waals surface area contributed by atoms with E-state index in [0.717, 1.165) is 33.4 Å². The Bertz CT molecular complexity index is 1690. The van der Waals surface area contributed by atoms with Crippen LogP contribution in [0.15, 0.2) is 182 Å². The number of hydrogen-bond donors (Lipinski definition) is 0. The summed E-state index contributed by atoms with van der Waals surface area (Å²) in [6.45, 7) is 0.726. The molecule has 11 heteroatoms. The Labute approximate surface area is 324 Å². The molecule has 0 aliphatic carbocycles. The van der Waals surface area contributed by atoms with Crippen LogP contribution in [0.1, 0.15) is 33.4 Å². The monoisotopic (exact) mass is 796 g/mol. The summed E-state index contributed by atoms with van der Waals surface area (Å²) >= 11 is 16.1. The minimum atomic E-state index is -4.36. The second-order valence-electron chi connectivity index (χ2n) is 12.3. The Kier molecular flexibility index (Phi) is 14.4. The maximum atomic E-state index is 8.04. The van der Waals surface area contributed by atoms with Gasteiger partial charge in [-0.15, -0.1) is 0 Å². The molecule has 6 aromatic rings. The predicted molar refractivity (Wildman–Crippen MR) is 216 cm³/mol. The number of hydrogen-bond acceptors (Lipinski definition) is 6. The average Bonchev–Trinajstić information content (AvgIpc) is 3.23. The van der Waals surface area contributed by atoms with Crippen LogP contribution < -0.4 is 0 Å². The second kappa shape index (κ2) is 19.6. The molecule has 53 heavy (non-hydrogen) atoms. The zero-order chi connectivity index (χ0) is 36.7. The van der Waals surface area contributed by atoms with Crippen LogP contribution in [0.25, 0.3) is 0 Å². The summed E-state index contributed by atoms with van der Waals surface area (Å²) in [5.74, 6) is 0. The molecule has 0 heterocycles. The molecule has 6 rings (SSSR count). The second-order valence-corrected chi connectivity index (χ2v) is 31.7. The lowest BCUT2D eigenvalue weighted by molar-refractivity contribution is 0.112. The lowest BCUT2D eigenvalue weighted by Crippen LogP contribution is -2.81. The van der Waals surface area contributed by atoms with Crippen LogP contribution in [-0.2, 0) is 66.2 Å². The molecule has 272 valence electrons. The SMILES string of the molecule is Cl[Si](OCc1ccccc1)(OCc1ccccc1)[Si](OCc1ccccc1)(OCc1ccccc1)[Si](Cl)(OCc1ccccc1)OCc1ccccc1. The summed E-state index contributed by atoms with van der Waals surface area (Å²) in [7, 11) is -12.9. The quantitative estimate of drug-likeness (QED) is 0.0567. The first-order valence-corrected chi connectivity index (χ1v) is 26.9. The zero-order valence-electron chi connectivity index (χ0n) is 29.3. The zero-order valence-corrected chi connectivity index (χ0v) is 33.8. The topological polar surface area (TPSA) is 55.4 Å². The molecule has 0 aliphatic heterocycles. The molecular weight excluding hydrogens is 756 g/mol. The first-order valence-electron chi connectivity index (χ1n) is 17.4. The Hall–Kier alpha value is -3.69. The summed E-state index contributed by atoms with van der Waals surface area (Å²) in [6.07, 6.45) is 0. The molecule has 6 aromatic carbocycles. The van der Waals surface area contributed by atoms with Crippen molar-refractivity contribution < 1.29 is 26.6 Å². The standard InChI is InChI=1S/C42H42Cl2O6Si3/c43-51(45-31-37-19-7-1-8-20-37,46-32-38-21-9-2-10-22-38)53(49-35-41-27-15-5-16-28-41,50-36-42-29-17-6-18-30-42)52(44,47-33-39-23-11-3-12-24-39)48-34-40-25-13-4-14-26-40/h1-30H,31-36H2. The molecule has 0 bridgehead atoms. The highest BCUT2D eigenvalue weighted by Gasteiger charge is 2.81. The van der Waals surface area contributed by atoms with Crippen LogP contribution in [0.2, 0.25) is 0 Å². The molecule has 0 spiro atoms. The van der Waals surface area contributed by atoms with Gasteiger partial charge in [-0.2, -0.15) is 0 Å². The molecule has 0 aromatic heterocycles. The minimum absolute atomic E-state index is 0.109. The van der Waals surface area contributed by atoms with Gasteiger partial charge in [0.1, 0.15) is 0 Å². The van der Waals surface area contributed by atoms with E-state index in [1.165, 1.54) is 0 Å². The Morgan fingerprint density at radius 2 is 0.434 bits per heavy atom. The van der Waals surface area contributed by atoms with Gasteiger partial charge in [-0.05, 0) is 33.4 Å². The molecule has 0 aliphatic rings. The van der Waals surface area contributed by atoms with Crippen molar-refractivity contribution in [1.82, 2.24) is 0 Å². The minimum Gasteiger partial charge on any atom is -0.386 e. The van der Waals surface area contributed by atoms with Gasteiger partial charge < -0.3 is 26.6 Å². The summed E-state index contributed by atoms with van der Waals surface area (Å²) in [6, 6.07) is 59.0. The van der Waals surface area contributed by atoms with Crippen molar-refractivity contribution in [2.45, 2.75) is 39.6 Å². The van der Waals surface area contributed by atoms with Crippen molar-refractivity contribution in [3.05, 3.63) is 215 Å². The Morgan fingerprint density at radius 3 is 0.623 bits per heavy atom. The van der Waals surface area contributed by atoms with E-state index in [1.807, 2.05) is 182 Å². The van der Waals surface area contributed by atoms with Crippen molar-refractivity contribution >= 4 is 44.5 Å². The number of halogens is 2. The molecular formula is C42H42Cl2O6Si3. The maximum Gasteiger partial charge on any atom is 0.489 e. The summed E-state index contributed by atoms with van der Waals surface area (Å²) in [4.78, 5) is 0. The summed E-state index contributed by atoms with van der Waals surface area (Å²) < 4.78 is 42.1. The third-order valence-electron chi connectivity index (χ3n) is 8.43. The van der Waals surface area contributed by atoms with Gasteiger partial charge in [-0.1, -0.05) is 204 Å². The van der Waals surface area contributed by atoms with Gasteiger partial charge in [0.15, 0.2) is 0 Å². The molecule has 0 unspecified atom stereocenters. The highest BCUT2D eigenvalue weighted by molar-refractivity contribution is 7.77. The first kappa shape index (κ1) is 39.0. The van der Waals surface area contributed by atoms with Crippen LogP contribution in [-0.4, -0.2) is 22.4 Å². The van der Waals surface area contributed by atoms with E-state index in [2.05, 4.69) is 0 Å². The van der Waals surface area contributed by atoms with E-state index in [9.17, 15) is 0 Å². The molecule has 0 atom stereocenters. The van der Waals surface area contributed by atoms with E-state index in [4.69, 9.17) is 48.7 Å². The summed E-state index contributed by atoms with van der Waals surface area (Å²) in [5, 5.41) is 0. The fourth-order valence-electron chi connectivity index (χ4n) is 5.55. The van der Waals surface area contributed by atoms with Gasteiger partial charge in [-0.3, -0.25) is 0 Å². The van der Waals surface area contributed by atoms with E-state index >= 15 is 0 Å². The highest BCUT2D eigenvalue weighted by Crippen LogP contribution is 2.42. The van der Waals surface area contributed by atoms with Crippen molar-refractivity contribution in [2.75, 3.05) is 0 Å². The van der Waals surface area contributed by atoms with Gasteiger partial charge in [0.25, 0.3) is 0 Å². The van der Waals surface area contributed by atoms with E-state index in [-0.39, 0.29) is 39.6 Å². The normalized spacial score (nSPS) is 12.1. The Morgan fingerprint density at radius 1 is 0.264 bits per heavy atom. The number of rotatable bonds is 20. The lowest BCUT2D eigenvalue weighted by Gasteiger charge is -2.45. The fraction of sp³-hybridized carbons (Fsp3) is 0.143. The van der Waals surface area contributed by atoms with Crippen molar-refractivity contribution in [3.63, 3.8) is 0 Å². The Balaban J connectivity index is 1.51. The molecule has 0 amide bonds. The smallest absolute Gasteiger partial charge is 0.386 e. The third kappa shape index (κ3) is 10.7. The molecule has 0 radical (unpaired) electrons. The van der Waals surface area contributed by atoms with Crippen molar-refractivity contribution in [1.29, 1.82) is 0 Å². The summed E-state index contributed by atoms with van der Waals surface area (Å²) in [5.41, 5.74) is 5.40. The largest absolute Gasteiger partial charge is 0.489 e. The highest BCUT2D eigenvalue weighted by atomic mass is 35.6. The number of benzene rings is 6. The van der Waals surface area contributed by atoms with Gasteiger partial charge in [0, 0.05) is 0 Å². The maximum absolute atomic E-state index is 8.04. The predicted octanol–water partition coefficient (Wildman–Crippen LogP) is 10.2. The molecule has 0 fully saturated rings. The van der Waals surface area contributed by atoms with Crippen LogP contribution in [0.3, 0.4) is 0 Å². The fourth-order valence-corrected chi connectivity index (χ4v) is 33.4. The van der Waals surface area contributed by atoms with Crippen LogP contribution in [0.5, 0.6) is 0 Å². The van der Waals surface area contributed by atoms with Crippen LogP contribution in [0.4, 0.5) is 0 Å². The lowest BCUT2D eigenvalue weighted by atomic mass is 10.2. The van der Waals surface area contributed by atoms with Crippen molar-refractivity contribution in [3.8, 4) is 0 Å². The van der Waals surface area contributed by atoms with Crippen molar-refractivity contribution in [2.24, 2.45) is 0 Å². The third-order valence-corrected chi connectivity index (χ3v) is 35.9. The first-order chi connectivity index (χ1) is 26.0. The van der Waals surface area contributed by atoms with E-state index in [0.29, 0.717) is 0 Å². The van der Waals surface area contributed by atoms with Gasteiger partial charge in [-0.25, -0.2) is 0 Å². The van der Waals surface area contributed by atoms with Crippen LogP contribution in [0, 0.1) is 0 Å². The van der Waals surface area contributed by atoms with Gasteiger partial charge >= 0.3 is 22.4 Å². The molecule has 0 saturated heterocycles. The van der Waals surface area contributed by atoms with Gasteiger partial charge in [0.05, 0.1) is 39.6 Å². The molecule has 0 saturated carbocycles. The molecule has 0 N–H and O–H groups in total. The molecule has 6 nitrogen and oxygen atoms in total. The average molecular weight is 798 g/mol. The van der Waals surface area contributed by atoms with E-state index in [1.54, 1.807) is 0 Å². The van der Waals surface area contributed by atoms with E-state index < -0.39 is 22.4 Å². The van der Waals surface area contributed by atoms with Crippen LogP contribution >= 0.6 is 22.2 Å². The van der Waals surface area contributed by atoms with Gasteiger partial charge in [0.2, 0.25) is 0 Å².